The molecule has 0 saturated heterocycles. The molecule has 0 unspecified atom stereocenters. The van der Waals surface area contributed by atoms with Crippen LogP contribution in [0.4, 0.5) is 0 Å². The van der Waals surface area contributed by atoms with Crippen LogP contribution in [0, 0.1) is 5.41 Å². The molecule has 0 aliphatic rings. The monoisotopic (exact) mass is 174 g/mol. The molecule has 72 valence electrons. The molecule has 0 radical (unpaired) electrons. The number of aliphatic carboxylic acids is 1. The Morgan fingerprint density at radius 3 is 2.33 bits per heavy atom. The highest BCUT2D eigenvalue weighted by Gasteiger charge is 2.22. The molecule has 4 nitrogen and oxygen atoms in total. The summed E-state index contributed by atoms with van der Waals surface area (Å²) < 4.78 is 0. The van der Waals surface area contributed by atoms with Crippen molar-refractivity contribution >= 4 is 5.97 Å². The number of hydrogen-bond acceptors (Lipinski definition) is 3. The van der Waals surface area contributed by atoms with E-state index >= 15 is 0 Å². The second-order valence-electron chi connectivity index (χ2n) is 3.76. The van der Waals surface area contributed by atoms with Crippen LogP contribution < -0.4 is 11.5 Å². The smallest absolute Gasteiger partial charge is 0.303 e. The van der Waals surface area contributed by atoms with Crippen molar-refractivity contribution in [1.29, 1.82) is 0 Å². The lowest BCUT2D eigenvalue weighted by atomic mass is 9.84. The quantitative estimate of drug-likeness (QED) is 0.530. The fourth-order valence-corrected chi connectivity index (χ4v) is 0.862. The van der Waals surface area contributed by atoms with Crippen molar-refractivity contribution in [3.8, 4) is 0 Å². The number of carbonyl (C=O) groups is 1. The minimum atomic E-state index is -0.767. The fraction of sp³-hybridized carbons (Fsp3) is 0.875. The van der Waals surface area contributed by atoms with E-state index < -0.39 is 5.97 Å². The second-order valence-corrected chi connectivity index (χ2v) is 3.76. The van der Waals surface area contributed by atoms with Gasteiger partial charge in [-0.1, -0.05) is 13.8 Å². The van der Waals surface area contributed by atoms with Crippen molar-refractivity contribution in [2.45, 2.75) is 39.3 Å². The third-order valence-corrected chi connectivity index (χ3v) is 2.11. The lowest BCUT2D eigenvalue weighted by Gasteiger charge is -2.28. The maximum Gasteiger partial charge on any atom is 0.303 e. The first-order valence-corrected chi connectivity index (χ1v) is 4.09. The van der Waals surface area contributed by atoms with Crippen LogP contribution in [-0.4, -0.2) is 17.2 Å². The van der Waals surface area contributed by atoms with Crippen molar-refractivity contribution < 1.29 is 9.90 Å². The Bertz CT molecular complexity index is 155. The van der Waals surface area contributed by atoms with Crippen molar-refractivity contribution in [2.75, 3.05) is 0 Å². The molecule has 0 aliphatic carbocycles. The molecule has 12 heavy (non-hydrogen) atoms. The molecule has 0 heterocycles. The van der Waals surface area contributed by atoms with Crippen LogP contribution in [-0.2, 0) is 4.79 Å². The van der Waals surface area contributed by atoms with Gasteiger partial charge in [-0.15, -0.1) is 0 Å². The molecule has 0 amide bonds. The molecule has 0 aromatic heterocycles. The average molecular weight is 174 g/mol. The third-order valence-electron chi connectivity index (χ3n) is 2.11. The number of rotatable bonds is 5. The zero-order valence-electron chi connectivity index (χ0n) is 7.71. The maximum atomic E-state index is 10.2. The van der Waals surface area contributed by atoms with Crippen molar-refractivity contribution in [3.63, 3.8) is 0 Å². The van der Waals surface area contributed by atoms with Crippen LogP contribution in [0.15, 0.2) is 0 Å². The molecule has 0 aromatic rings. The van der Waals surface area contributed by atoms with E-state index in [0.29, 0.717) is 6.42 Å². The highest BCUT2D eigenvalue weighted by atomic mass is 16.4. The van der Waals surface area contributed by atoms with Gasteiger partial charge in [0.05, 0.1) is 6.17 Å². The van der Waals surface area contributed by atoms with Gasteiger partial charge in [0.1, 0.15) is 0 Å². The van der Waals surface area contributed by atoms with Crippen molar-refractivity contribution in [3.05, 3.63) is 0 Å². The number of hydrogen-bond donors (Lipinski definition) is 3. The van der Waals surface area contributed by atoms with Gasteiger partial charge in [0.25, 0.3) is 0 Å². The molecule has 0 spiro atoms. The van der Waals surface area contributed by atoms with E-state index in [2.05, 4.69) is 0 Å². The maximum absolute atomic E-state index is 10.2. The minimum absolute atomic E-state index is 0.171. The van der Waals surface area contributed by atoms with Gasteiger partial charge in [-0.3, -0.25) is 4.79 Å². The summed E-state index contributed by atoms with van der Waals surface area (Å²) in [4.78, 5) is 10.2. The van der Waals surface area contributed by atoms with Gasteiger partial charge in [-0.05, 0) is 18.3 Å². The number of carboxylic acid groups (broad SMARTS) is 1. The van der Waals surface area contributed by atoms with Crippen LogP contribution >= 0.6 is 0 Å². The Morgan fingerprint density at radius 2 is 2.00 bits per heavy atom. The van der Waals surface area contributed by atoms with E-state index in [1.54, 1.807) is 0 Å². The summed E-state index contributed by atoms with van der Waals surface area (Å²) in [5, 5.41) is 8.39. The zero-order valence-corrected chi connectivity index (χ0v) is 7.71. The molecule has 0 aromatic carbocycles. The summed E-state index contributed by atoms with van der Waals surface area (Å²) in [5.74, 6) is -0.767. The van der Waals surface area contributed by atoms with Gasteiger partial charge in [-0.25, -0.2) is 0 Å². The summed E-state index contributed by atoms with van der Waals surface area (Å²) in [6.07, 6.45) is 1.19. The van der Waals surface area contributed by atoms with Crippen LogP contribution in [0.2, 0.25) is 0 Å². The number of carboxylic acids is 1. The second kappa shape index (κ2) is 4.42. The molecular formula is C8H18N2O2. The van der Waals surface area contributed by atoms with Crippen LogP contribution in [0.5, 0.6) is 0 Å². The molecular weight excluding hydrogens is 156 g/mol. The van der Waals surface area contributed by atoms with E-state index in [0.717, 1.165) is 6.42 Å². The van der Waals surface area contributed by atoms with E-state index in [1.165, 1.54) is 0 Å². The Hall–Kier alpha value is -0.610. The predicted octanol–water partition coefficient (Wildman–Crippen LogP) is 0.511. The Labute approximate surface area is 72.9 Å². The first kappa shape index (κ1) is 11.4. The van der Waals surface area contributed by atoms with Crippen molar-refractivity contribution in [1.82, 2.24) is 0 Å². The molecule has 0 fully saturated rings. The van der Waals surface area contributed by atoms with Gasteiger partial charge in [-0.2, -0.15) is 0 Å². The zero-order chi connectivity index (χ0) is 9.78. The summed E-state index contributed by atoms with van der Waals surface area (Å²) in [6.45, 7) is 3.89. The lowest BCUT2D eigenvalue weighted by molar-refractivity contribution is -0.137. The predicted molar refractivity (Wildman–Crippen MR) is 47.4 cm³/mol. The molecule has 0 atom stereocenters. The molecule has 5 N–H and O–H groups in total. The molecule has 0 aliphatic heterocycles. The highest BCUT2D eigenvalue weighted by Crippen LogP contribution is 2.23. The molecule has 4 heteroatoms. The Balaban J connectivity index is 3.69. The van der Waals surface area contributed by atoms with Crippen LogP contribution in [0.1, 0.15) is 33.1 Å². The van der Waals surface area contributed by atoms with Gasteiger partial charge < -0.3 is 16.6 Å². The summed E-state index contributed by atoms with van der Waals surface area (Å²) >= 11 is 0. The summed E-state index contributed by atoms with van der Waals surface area (Å²) in [6, 6.07) is 0. The van der Waals surface area contributed by atoms with E-state index in [1.807, 2.05) is 13.8 Å². The lowest BCUT2D eigenvalue weighted by Crippen LogP contribution is -2.44. The van der Waals surface area contributed by atoms with Gasteiger partial charge in [0.2, 0.25) is 0 Å². The molecule has 0 saturated carbocycles. The fourth-order valence-electron chi connectivity index (χ4n) is 0.862. The SMILES string of the molecule is CC(C)(CCCC(=O)O)C(N)N. The largest absolute Gasteiger partial charge is 0.481 e. The van der Waals surface area contributed by atoms with Gasteiger partial charge >= 0.3 is 5.97 Å². The standard InChI is InChI=1S/C8H18N2O2/c1-8(2,7(9)10)5-3-4-6(11)12/h7H,3-5,9-10H2,1-2H3,(H,11,12). The third kappa shape index (κ3) is 4.31. The first-order chi connectivity index (χ1) is 5.36. The van der Waals surface area contributed by atoms with Crippen LogP contribution in [0.25, 0.3) is 0 Å². The highest BCUT2D eigenvalue weighted by molar-refractivity contribution is 5.66. The summed E-state index contributed by atoms with van der Waals surface area (Å²) in [7, 11) is 0. The van der Waals surface area contributed by atoms with E-state index in [-0.39, 0.29) is 18.0 Å². The average Bonchev–Trinajstić information content (AvgIpc) is 1.85. The van der Waals surface area contributed by atoms with E-state index in [4.69, 9.17) is 16.6 Å². The topological polar surface area (TPSA) is 89.3 Å². The van der Waals surface area contributed by atoms with Gasteiger partial charge in [0.15, 0.2) is 0 Å². The summed E-state index contributed by atoms with van der Waals surface area (Å²) in [5.41, 5.74) is 10.9. The van der Waals surface area contributed by atoms with Gasteiger partial charge in [0, 0.05) is 6.42 Å². The normalized spacial score (nSPS) is 12.1. The molecule has 0 bridgehead atoms. The van der Waals surface area contributed by atoms with Crippen molar-refractivity contribution in [2.24, 2.45) is 16.9 Å². The Kier molecular flexibility index (Phi) is 4.20. The molecule has 0 rings (SSSR count). The minimum Gasteiger partial charge on any atom is -0.481 e. The van der Waals surface area contributed by atoms with E-state index in [9.17, 15) is 4.79 Å². The number of nitrogens with two attached hydrogens (primary N) is 2. The first-order valence-electron chi connectivity index (χ1n) is 4.09. The van der Waals surface area contributed by atoms with Crippen LogP contribution in [0.3, 0.4) is 0 Å². The Morgan fingerprint density at radius 1 is 1.50 bits per heavy atom.